The Labute approximate surface area is 187 Å². The van der Waals surface area contributed by atoms with Gasteiger partial charge in [-0.15, -0.1) is 0 Å². The number of rotatable bonds is 3. The Hall–Kier alpha value is -3.00. The van der Waals surface area contributed by atoms with E-state index in [2.05, 4.69) is 10.4 Å². The van der Waals surface area contributed by atoms with Gasteiger partial charge in [-0.3, -0.25) is 24.5 Å². The molecule has 30 heavy (non-hydrogen) atoms. The van der Waals surface area contributed by atoms with Crippen molar-refractivity contribution < 1.29 is 9.59 Å². The van der Waals surface area contributed by atoms with E-state index < -0.39 is 11.8 Å². The minimum absolute atomic E-state index is 0.00922. The van der Waals surface area contributed by atoms with E-state index in [4.69, 9.17) is 35.4 Å². The first kappa shape index (κ1) is 20.3. The molecule has 6 nitrogen and oxygen atoms in total. The maximum Gasteiger partial charge on any atom is 0.270 e. The number of thiocarbonyl (C=S) groups is 1. The number of halogens is 2. The third-order valence-corrected chi connectivity index (χ3v) is 5.52. The lowest BCUT2D eigenvalue weighted by Gasteiger charge is -2.28. The predicted octanol–water partition coefficient (Wildman–Crippen LogP) is 4.23. The van der Waals surface area contributed by atoms with Gasteiger partial charge in [-0.25, -0.2) is 0 Å². The van der Waals surface area contributed by atoms with Gasteiger partial charge in [-0.1, -0.05) is 53.5 Å². The minimum Gasteiger partial charge on any atom is -0.298 e. The molecule has 1 aliphatic heterocycles. The van der Waals surface area contributed by atoms with Crippen LogP contribution in [0.1, 0.15) is 5.56 Å². The normalized spacial score (nSPS) is 15.6. The maximum absolute atomic E-state index is 13.2. The van der Waals surface area contributed by atoms with Gasteiger partial charge in [0.15, 0.2) is 5.11 Å². The van der Waals surface area contributed by atoms with Crippen LogP contribution in [0.3, 0.4) is 0 Å². The number of nitrogens with one attached hydrogen (secondary N) is 1. The Kier molecular flexibility index (Phi) is 5.42. The average molecular weight is 457 g/mol. The smallest absolute Gasteiger partial charge is 0.270 e. The van der Waals surface area contributed by atoms with Crippen LogP contribution in [0.5, 0.6) is 0 Å². The molecule has 0 radical (unpaired) electrons. The van der Waals surface area contributed by atoms with Crippen molar-refractivity contribution in [3.05, 3.63) is 75.9 Å². The van der Waals surface area contributed by atoms with Crippen molar-refractivity contribution in [2.75, 3.05) is 4.90 Å². The lowest BCUT2D eigenvalue weighted by Crippen LogP contribution is -2.54. The zero-order valence-corrected chi connectivity index (χ0v) is 17.9. The number of hydrogen-bond donors (Lipinski definition) is 1. The summed E-state index contributed by atoms with van der Waals surface area (Å²) in [6, 6.07) is 15.9. The van der Waals surface area contributed by atoms with Gasteiger partial charge in [0.05, 0.1) is 5.69 Å². The van der Waals surface area contributed by atoms with Gasteiger partial charge >= 0.3 is 0 Å². The summed E-state index contributed by atoms with van der Waals surface area (Å²) in [6.45, 7) is 0. The van der Waals surface area contributed by atoms with E-state index in [9.17, 15) is 9.59 Å². The van der Waals surface area contributed by atoms with Crippen LogP contribution in [0.2, 0.25) is 10.2 Å². The first-order chi connectivity index (χ1) is 14.4. The van der Waals surface area contributed by atoms with Crippen LogP contribution in [-0.4, -0.2) is 26.7 Å². The lowest BCUT2D eigenvalue weighted by molar-refractivity contribution is -0.122. The predicted molar refractivity (Wildman–Crippen MR) is 121 cm³/mol. The summed E-state index contributed by atoms with van der Waals surface area (Å²) in [5.41, 5.74) is 2.21. The number of nitrogens with zero attached hydrogens (tertiary/aromatic N) is 3. The number of carbonyl (C=O) groups is 2. The SMILES string of the molecule is Cn1nc(-c2ccccc2)c(C=C2C(=O)NC(=S)N(c3ccc(Cl)cc3)C2=O)c1Cl. The summed E-state index contributed by atoms with van der Waals surface area (Å²) in [5, 5.41) is 7.80. The topological polar surface area (TPSA) is 67.2 Å². The van der Waals surface area contributed by atoms with E-state index in [0.29, 0.717) is 27.1 Å². The van der Waals surface area contributed by atoms with Gasteiger partial charge in [0.1, 0.15) is 16.4 Å². The number of aryl methyl sites for hydroxylation is 1. The molecular weight excluding hydrogens is 443 g/mol. The van der Waals surface area contributed by atoms with Crippen LogP contribution >= 0.6 is 35.4 Å². The third-order valence-electron chi connectivity index (χ3n) is 4.53. The van der Waals surface area contributed by atoms with Crippen LogP contribution in [0, 0.1) is 0 Å². The fourth-order valence-electron chi connectivity index (χ4n) is 3.08. The molecule has 0 unspecified atom stereocenters. The molecule has 1 aliphatic rings. The quantitative estimate of drug-likeness (QED) is 0.363. The Bertz CT molecular complexity index is 1200. The Morgan fingerprint density at radius 2 is 1.70 bits per heavy atom. The van der Waals surface area contributed by atoms with E-state index in [1.54, 1.807) is 31.3 Å². The second kappa shape index (κ2) is 8.02. The van der Waals surface area contributed by atoms with Crippen molar-refractivity contribution in [3.63, 3.8) is 0 Å². The zero-order valence-electron chi connectivity index (χ0n) is 15.6. The highest BCUT2D eigenvalue weighted by molar-refractivity contribution is 7.80. The highest BCUT2D eigenvalue weighted by Crippen LogP contribution is 2.31. The molecule has 0 aliphatic carbocycles. The largest absolute Gasteiger partial charge is 0.298 e. The van der Waals surface area contributed by atoms with E-state index in [-0.39, 0.29) is 10.7 Å². The summed E-state index contributed by atoms with van der Waals surface area (Å²) in [6.07, 6.45) is 1.44. The van der Waals surface area contributed by atoms with Crippen molar-refractivity contribution in [1.29, 1.82) is 0 Å². The Morgan fingerprint density at radius 1 is 1.03 bits per heavy atom. The fourth-order valence-corrected chi connectivity index (χ4v) is 3.67. The molecule has 1 N–H and O–H groups in total. The summed E-state index contributed by atoms with van der Waals surface area (Å²) >= 11 is 17.6. The molecule has 2 amide bonds. The van der Waals surface area contributed by atoms with Crippen LogP contribution in [-0.2, 0) is 16.6 Å². The summed E-state index contributed by atoms with van der Waals surface area (Å²) in [5.74, 6) is -1.17. The molecule has 0 saturated carbocycles. The van der Waals surface area contributed by atoms with Crippen molar-refractivity contribution >= 4 is 64.1 Å². The number of aromatic nitrogens is 2. The van der Waals surface area contributed by atoms with Gasteiger partial charge in [-0.2, -0.15) is 5.10 Å². The van der Waals surface area contributed by atoms with Crippen LogP contribution in [0.4, 0.5) is 5.69 Å². The van der Waals surface area contributed by atoms with Crippen LogP contribution in [0.15, 0.2) is 60.2 Å². The van der Waals surface area contributed by atoms with Crippen molar-refractivity contribution in [1.82, 2.24) is 15.1 Å². The number of benzene rings is 2. The Balaban J connectivity index is 1.82. The number of anilines is 1. The number of hydrogen-bond acceptors (Lipinski definition) is 4. The standard InChI is InChI=1S/C21H14Cl2N4O2S/c1-26-18(23)15(17(25-26)12-5-3-2-4-6-12)11-16-19(28)24-21(30)27(20(16)29)14-9-7-13(22)8-10-14/h2-11H,1H3,(H,24,28,30). The van der Waals surface area contributed by atoms with Gasteiger partial charge in [0.2, 0.25) is 0 Å². The number of amides is 2. The minimum atomic E-state index is -0.603. The van der Waals surface area contributed by atoms with Crippen molar-refractivity contribution in [2.24, 2.45) is 7.05 Å². The van der Waals surface area contributed by atoms with Crippen LogP contribution < -0.4 is 10.2 Å². The van der Waals surface area contributed by atoms with Crippen molar-refractivity contribution in [2.45, 2.75) is 0 Å². The van der Waals surface area contributed by atoms with Gasteiger partial charge < -0.3 is 0 Å². The first-order valence-electron chi connectivity index (χ1n) is 8.81. The summed E-state index contributed by atoms with van der Waals surface area (Å²) in [4.78, 5) is 27.1. The molecule has 0 bridgehead atoms. The molecule has 0 spiro atoms. The molecule has 4 rings (SSSR count). The monoisotopic (exact) mass is 456 g/mol. The first-order valence-corrected chi connectivity index (χ1v) is 9.98. The van der Waals surface area contributed by atoms with Gasteiger partial charge in [-0.05, 0) is 42.6 Å². The van der Waals surface area contributed by atoms with Gasteiger partial charge in [0.25, 0.3) is 11.8 Å². The summed E-state index contributed by atoms with van der Waals surface area (Å²) in [7, 11) is 1.69. The van der Waals surface area contributed by atoms with Gasteiger partial charge in [0, 0.05) is 23.2 Å². The average Bonchev–Trinajstić information content (AvgIpc) is 3.01. The molecule has 0 atom stereocenters. The molecule has 1 saturated heterocycles. The highest BCUT2D eigenvalue weighted by atomic mass is 35.5. The second-order valence-corrected chi connectivity index (χ2v) is 7.66. The molecule has 1 aromatic heterocycles. The van der Waals surface area contributed by atoms with E-state index in [1.165, 1.54) is 15.7 Å². The van der Waals surface area contributed by atoms with E-state index in [1.807, 2.05) is 30.3 Å². The Morgan fingerprint density at radius 3 is 2.37 bits per heavy atom. The molecule has 150 valence electrons. The molecular formula is C21H14Cl2N4O2S. The fraction of sp³-hybridized carbons (Fsp3) is 0.0476. The van der Waals surface area contributed by atoms with Crippen LogP contribution in [0.25, 0.3) is 17.3 Å². The van der Waals surface area contributed by atoms with Crippen molar-refractivity contribution in [3.8, 4) is 11.3 Å². The summed E-state index contributed by atoms with van der Waals surface area (Å²) < 4.78 is 1.49. The molecule has 2 heterocycles. The third kappa shape index (κ3) is 3.63. The van der Waals surface area contributed by atoms with E-state index >= 15 is 0 Å². The zero-order chi connectivity index (χ0) is 21.4. The van der Waals surface area contributed by atoms with E-state index in [0.717, 1.165) is 5.56 Å². The molecule has 1 fully saturated rings. The molecule has 2 aromatic carbocycles. The lowest BCUT2D eigenvalue weighted by atomic mass is 10.0. The second-order valence-electron chi connectivity index (χ2n) is 6.48. The molecule has 3 aromatic rings. The highest BCUT2D eigenvalue weighted by Gasteiger charge is 2.35. The number of carbonyl (C=O) groups excluding carboxylic acids is 2. The molecule has 9 heteroatoms. The maximum atomic E-state index is 13.2.